The Morgan fingerprint density at radius 1 is 1.62 bits per heavy atom. The van der Waals surface area contributed by atoms with E-state index >= 15 is 0 Å². The number of halogens is 1. The Hall–Kier alpha value is -1.27. The molecule has 0 fully saturated rings. The van der Waals surface area contributed by atoms with Crippen LogP contribution in [-0.2, 0) is 0 Å². The standard InChI is InChI=1S/C9H10ClN3/c1-5(2)6-3-8(10)13-9(12)7(6)4-11/h3,5H,1-2H3,(H2,12,13). The number of nitrogen functional groups attached to an aromatic ring is 1. The van der Waals surface area contributed by atoms with Crippen molar-refractivity contribution in [3.8, 4) is 6.07 Å². The number of nitrogens with two attached hydrogens (primary N) is 1. The number of nitriles is 1. The predicted octanol–water partition coefficient (Wildman–Crippen LogP) is 2.31. The normalized spacial score (nSPS) is 10.1. The van der Waals surface area contributed by atoms with E-state index in [9.17, 15) is 0 Å². The summed E-state index contributed by atoms with van der Waals surface area (Å²) >= 11 is 5.72. The molecule has 3 nitrogen and oxygen atoms in total. The molecule has 0 aliphatic carbocycles. The van der Waals surface area contributed by atoms with Gasteiger partial charge in [0.2, 0.25) is 0 Å². The minimum atomic E-state index is 0.207. The van der Waals surface area contributed by atoms with E-state index < -0.39 is 0 Å². The highest BCUT2D eigenvalue weighted by Crippen LogP contribution is 2.25. The van der Waals surface area contributed by atoms with Gasteiger partial charge in [-0.2, -0.15) is 5.26 Å². The Bertz CT molecular complexity index is 366. The molecular formula is C9H10ClN3. The zero-order valence-corrected chi connectivity index (χ0v) is 8.26. The Morgan fingerprint density at radius 2 is 2.23 bits per heavy atom. The summed E-state index contributed by atoms with van der Waals surface area (Å²) < 4.78 is 0. The highest BCUT2D eigenvalue weighted by atomic mass is 35.5. The quantitative estimate of drug-likeness (QED) is 0.700. The van der Waals surface area contributed by atoms with Crippen molar-refractivity contribution in [1.29, 1.82) is 5.26 Å². The molecule has 4 heteroatoms. The fourth-order valence-corrected chi connectivity index (χ4v) is 1.34. The summed E-state index contributed by atoms with van der Waals surface area (Å²) in [6.45, 7) is 3.96. The van der Waals surface area contributed by atoms with Gasteiger partial charge in [0, 0.05) is 0 Å². The molecule has 0 aliphatic rings. The number of rotatable bonds is 1. The summed E-state index contributed by atoms with van der Waals surface area (Å²) in [4.78, 5) is 3.81. The molecule has 1 aromatic heterocycles. The van der Waals surface area contributed by atoms with Crippen LogP contribution in [0.1, 0.15) is 30.9 Å². The molecule has 0 unspecified atom stereocenters. The minimum absolute atomic E-state index is 0.207. The third kappa shape index (κ3) is 1.90. The number of anilines is 1. The molecule has 0 bridgehead atoms. The molecule has 68 valence electrons. The Balaban J connectivity index is 3.41. The van der Waals surface area contributed by atoms with Crippen molar-refractivity contribution in [2.45, 2.75) is 19.8 Å². The van der Waals surface area contributed by atoms with Crippen molar-refractivity contribution < 1.29 is 0 Å². The Labute approximate surface area is 82.1 Å². The summed E-state index contributed by atoms with van der Waals surface area (Å²) in [5.41, 5.74) is 6.83. The van der Waals surface area contributed by atoms with Crippen LogP contribution in [0, 0.1) is 11.3 Å². The molecule has 0 atom stereocenters. The molecule has 0 aromatic carbocycles. The van der Waals surface area contributed by atoms with E-state index in [1.807, 2.05) is 19.9 Å². The van der Waals surface area contributed by atoms with E-state index in [-0.39, 0.29) is 11.7 Å². The van der Waals surface area contributed by atoms with Crippen LogP contribution in [0.3, 0.4) is 0 Å². The van der Waals surface area contributed by atoms with E-state index in [0.29, 0.717) is 10.7 Å². The largest absolute Gasteiger partial charge is 0.383 e. The van der Waals surface area contributed by atoms with Crippen LogP contribution in [-0.4, -0.2) is 4.98 Å². The van der Waals surface area contributed by atoms with Crippen LogP contribution in [0.25, 0.3) is 0 Å². The Morgan fingerprint density at radius 3 is 2.69 bits per heavy atom. The van der Waals surface area contributed by atoms with Crippen LogP contribution in [0.4, 0.5) is 5.82 Å². The molecule has 2 N–H and O–H groups in total. The first-order valence-electron chi connectivity index (χ1n) is 3.92. The van der Waals surface area contributed by atoms with Crippen LogP contribution >= 0.6 is 11.6 Å². The monoisotopic (exact) mass is 195 g/mol. The zero-order chi connectivity index (χ0) is 10.0. The summed E-state index contributed by atoms with van der Waals surface area (Å²) in [6, 6.07) is 3.71. The SMILES string of the molecule is CC(C)c1cc(Cl)nc(N)c1C#N. The maximum Gasteiger partial charge on any atom is 0.143 e. The lowest BCUT2D eigenvalue weighted by atomic mass is 9.99. The number of hydrogen-bond acceptors (Lipinski definition) is 3. The van der Waals surface area contributed by atoms with Crippen molar-refractivity contribution >= 4 is 17.4 Å². The first kappa shape index (κ1) is 9.82. The molecule has 0 amide bonds. The van der Waals surface area contributed by atoms with Gasteiger partial charge in [0.1, 0.15) is 17.0 Å². The summed E-state index contributed by atoms with van der Waals surface area (Å²) in [5.74, 6) is 0.427. The van der Waals surface area contributed by atoms with E-state index in [2.05, 4.69) is 4.98 Å². The zero-order valence-electron chi connectivity index (χ0n) is 7.50. The first-order valence-corrected chi connectivity index (χ1v) is 4.30. The number of hydrogen-bond donors (Lipinski definition) is 1. The van der Waals surface area contributed by atoms with Gasteiger partial charge in [-0.15, -0.1) is 0 Å². The maximum atomic E-state index is 8.83. The second-order valence-corrected chi connectivity index (χ2v) is 3.45. The lowest BCUT2D eigenvalue weighted by molar-refractivity contribution is 0.859. The summed E-state index contributed by atoms with van der Waals surface area (Å²) in [5, 5.41) is 9.16. The van der Waals surface area contributed by atoms with Crippen molar-refractivity contribution in [2.75, 3.05) is 5.73 Å². The van der Waals surface area contributed by atoms with Crippen molar-refractivity contribution in [3.63, 3.8) is 0 Å². The maximum absolute atomic E-state index is 8.83. The first-order chi connectivity index (χ1) is 6.06. The van der Waals surface area contributed by atoms with Gasteiger partial charge in [-0.05, 0) is 17.5 Å². The molecule has 1 heterocycles. The highest BCUT2D eigenvalue weighted by molar-refractivity contribution is 6.29. The minimum Gasteiger partial charge on any atom is -0.383 e. The topological polar surface area (TPSA) is 62.7 Å². The molecule has 0 radical (unpaired) electrons. The predicted molar refractivity (Wildman–Crippen MR) is 52.5 cm³/mol. The van der Waals surface area contributed by atoms with E-state index in [4.69, 9.17) is 22.6 Å². The number of aromatic nitrogens is 1. The molecule has 0 aliphatic heterocycles. The molecule has 13 heavy (non-hydrogen) atoms. The van der Waals surface area contributed by atoms with Gasteiger partial charge >= 0.3 is 0 Å². The summed E-state index contributed by atoms with van der Waals surface area (Å²) in [6.07, 6.45) is 0. The van der Waals surface area contributed by atoms with Crippen molar-refractivity contribution in [1.82, 2.24) is 4.98 Å². The fraction of sp³-hybridized carbons (Fsp3) is 0.333. The Kier molecular flexibility index (Phi) is 2.74. The fourth-order valence-electron chi connectivity index (χ4n) is 1.13. The van der Waals surface area contributed by atoms with Crippen molar-refractivity contribution in [2.24, 2.45) is 0 Å². The molecule has 0 saturated carbocycles. The second kappa shape index (κ2) is 3.63. The van der Waals surface area contributed by atoms with Gasteiger partial charge in [0.15, 0.2) is 0 Å². The lowest BCUT2D eigenvalue weighted by Gasteiger charge is -2.09. The van der Waals surface area contributed by atoms with Crippen LogP contribution < -0.4 is 5.73 Å². The van der Waals surface area contributed by atoms with E-state index in [1.165, 1.54) is 0 Å². The van der Waals surface area contributed by atoms with Gasteiger partial charge in [0.25, 0.3) is 0 Å². The highest BCUT2D eigenvalue weighted by Gasteiger charge is 2.11. The van der Waals surface area contributed by atoms with Gasteiger partial charge in [-0.3, -0.25) is 0 Å². The smallest absolute Gasteiger partial charge is 0.143 e. The van der Waals surface area contributed by atoms with E-state index in [0.717, 1.165) is 5.56 Å². The van der Waals surface area contributed by atoms with E-state index in [1.54, 1.807) is 6.07 Å². The van der Waals surface area contributed by atoms with Crippen molar-refractivity contribution in [3.05, 3.63) is 22.3 Å². The average Bonchev–Trinajstić information content (AvgIpc) is 2.02. The molecule has 1 rings (SSSR count). The molecular weight excluding hydrogens is 186 g/mol. The van der Waals surface area contributed by atoms with Gasteiger partial charge in [0.05, 0.1) is 5.56 Å². The van der Waals surface area contributed by atoms with Gasteiger partial charge < -0.3 is 5.73 Å². The molecule has 0 saturated heterocycles. The lowest BCUT2D eigenvalue weighted by Crippen LogP contribution is -2.01. The third-order valence-corrected chi connectivity index (χ3v) is 1.97. The van der Waals surface area contributed by atoms with Crippen LogP contribution in [0.5, 0.6) is 0 Å². The van der Waals surface area contributed by atoms with Gasteiger partial charge in [-0.1, -0.05) is 25.4 Å². The molecule has 0 spiro atoms. The van der Waals surface area contributed by atoms with Gasteiger partial charge in [-0.25, -0.2) is 4.98 Å². The van der Waals surface area contributed by atoms with Crippen LogP contribution in [0.15, 0.2) is 6.07 Å². The number of nitrogens with zero attached hydrogens (tertiary/aromatic N) is 2. The molecule has 1 aromatic rings. The third-order valence-electron chi connectivity index (χ3n) is 1.78. The average molecular weight is 196 g/mol. The van der Waals surface area contributed by atoms with Crippen LogP contribution in [0.2, 0.25) is 5.15 Å². The summed E-state index contributed by atoms with van der Waals surface area (Å²) in [7, 11) is 0. The number of pyridine rings is 1. The second-order valence-electron chi connectivity index (χ2n) is 3.06.